The van der Waals surface area contributed by atoms with Crippen LogP contribution in [0.2, 0.25) is 0 Å². The van der Waals surface area contributed by atoms with E-state index in [9.17, 15) is 9.59 Å². The van der Waals surface area contributed by atoms with Crippen LogP contribution in [-0.2, 0) is 4.79 Å². The molecule has 6 heteroatoms. The summed E-state index contributed by atoms with van der Waals surface area (Å²) >= 11 is 0. The molecule has 0 bridgehead atoms. The minimum absolute atomic E-state index is 0.0258. The van der Waals surface area contributed by atoms with Gasteiger partial charge in [0.15, 0.2) is 19.0 Å². The number of carbonyl (C=O) groups excluding carboxylic acids is 2. The maximum atomic E-state index is 11.9. The number of benzene rings is 2. The van der Waals surface area contributed by atoms with Crippen LogP contribution >= 0.6 is 0 Å². The molecular formula is C18H16N2O4. The van der Waals surface area contributed by atoms with Gasteiger partial charge in [-0.1, -0.05) is 0 Å². The molecule has 6 nitrogen and oxygen atoms in total. The zero-order valence-electron chi connectivity index (χ0n) is 13.1. The van der Waals surface area contributed by atoms with E-state index in [0.717, 1.165) is 0 Å². The lowest BCUT2D eigenvalue weighted by molar-refractivity contribution is -0.118. The molecule has 0 aliphatic carbocycles. The molecule has 0 saturated heterocycles. The summed E-state index contributed by atoms with van der Waals surface area (Å²) in [5.74, 6) is 0.726. The molecule has 1 N–H and O–H groups in total. The normalized spacial score (nSPS) is 9.67. The van der Waals surface area contributed by atoms with Crippen molar-refractivity contribution >= 4 is 17.4 Å². The quantitative estimate of drug-likeness (QED) is 0.791. The Morgan fingerprint density at radius 1 is 1.00 bits per heavy atom. The molecule has 0 saturated carbocycles. The summed E-state index contributed by atoms with van der Waals surface area (Å²) in [7, 11) is 0. The number of nitriles is 1. The first-order valence-electron chi connectivity index (χ1n) is 7.22. The lowest BCUT2D eigenvalue weighted by Crippen LogP contribution is -2.20. The van der Waals surface area contributed by atoms with Crippen molar-refractivity contribution in [3.05, 3.63) is 54.1 Å². The predicted octanol–water partition coefficient (Wildman–Crippen LogP) is 2.81. The van der Waals surface area contributed by atoms with Crippen molar-refractivity contribution in [2.45, 2.75) is 6.92 Å². The second-order valence-corrected chi connectivity index (χ2v) is 4.89. The van der Waals surface area contributed by atoms with E-state index in [0.29, 0.717) is 22.7 Å². The Labute approximate surface area is 139 Å². The number of rotatable bonds is 7. The van der Waals surface area contributed by atoms with Gasteiger partial charge in [-0.15, -0.1) is 0 Å². The van der Waals surface area contributed by atoms with Gasteiger partial charge in [-0.25, -0.2) is 0 Å². The Morgan fingerprint density at radius 3 is 2.17 bits per heavy atom. The largest absolute Gasteiger partial charge is 0.484 e. The number of anilines is 1. The lowest BCUT2D eigenvalue weighted by atomic mass is 10.1. The third-order valence-electron chi connectivity index (χ3n) is 3.07. The molecule has 2 aromatic carbocycles. The van der Waals surface area contributed by atoms with Crippen LogP contribution in [0.1, 0.15) is 17.3 Å². The molecule has 2 rings (SSSR count). The number of amides is 1. The van der Waals surface area contributed by atoms with Crippen molar-refractivity contribution in [3.63, 3.8) is 0 Å². The van der Waals surface area contributed by atoms with E-state index < -0.39 is 0 Å². The Kier molecular flexibility index (Phi) is 5.92. The predicted molar refractivity (Wildman–Crippen MR) is 88.1 cm³/mol. The van der Waals surface area contributed by atoms with E-state index in [1.807, 2.05) is 6.07 Å². The number of nitrogens with zero attached hydrogens (tertiary/aromatic N) is 1. The van der Waals surface area contributed by atoms with E-state index in [1.165, 1.54) is 6.92 Å². The maximum Gasteiger partial charge on any atom is 0.262 e. The Balaban J connectivity index is 1.82. The van der Waals surface area contributed by atoms with E-state index in [1.54, 1.807) is 48.5 Å². The molecule has 0 aliphatic heterocycles. The number of ketones is 1. The van der Waals surface area contributed by atoms with Crippen LogP contribution in [0.3, 0.4) is 0 Å². The smallest absolute Gasteiger partial charge is 0.262 e. The fourth-order valence-electron chi connectivity index (χ4n) is 1.88. The highest BCUT2D eigenvalue weighted by Gasteiger charge is 2.05. The second-order valence-electron chi connectivity index (χ2n) is 4.89. The molecular weight excluding hydrogens is 308 g/mol. The van der Waals surface area contributed by atoms with Crippen LogP contribution in [-0.4, -0.2) is 24.9 Å². The molecule has 0 unspecified atom stereocenters. The van der Waals surface area contributed by atoms with Gasteiger partial charge in [0.2, 0.25) is 0 Å². The van der Waals surface area contributed by atoms with Crippen molar-refractivity contribution in [1.82, 2.24) is 0 Å². The van der Waals surface area contributed by atoms with Gasteiger partial charge in [0.1, 0.15) is 17.6 Å². The average molecular weight is 324 g/mol. The van der Waals surface area contributed by atoms with Crippen LogP contribution in [0.25, 0.3) is 0 Å². The van der Waals surface area contributed by atoms with Crippen molar-refractivity contribution < 1.29 is 19.1 Å². The average Bonchev–Trinajstić information content (AvgIpc) is 2.59. The van der Waals surface area contributed by atoms with E-state index in [2.05, 4.69) is 5.32 Å². The Bertz CT molecular complexity index is 746. The molecule has 0 heterocycles. The summed E-state index contributed by atoms with van der Waals surface area (Å²) in [6, 6.07) is 15.1. The number of nitrogens with one attached hydrogen (secondary N) is 1. The first-order chi connectivity index (χ1) is 11.6. The number of ether oxygens (including phenoxy) is 2. The SMILES string of the molecule is CC(=O)c1ccc(OCC(=O)Nc2ccc(OCC#N)cc2)cc1. The van der Waals surface area contributed by atoms with E-state index in [-0.39, 0.29) is 24.9 Å². The summed E-state index contributed by atoms with van der Waals surface area (Å²) in [4.78, 5) is 23.0. The molecule has 0 aliphatic rings. The van der Waals surface area contributed by atoms with E-state index >= 15 is 0 Å². The number of hydrogen-bond donors (Lipinski definition) is 1. The summed E-state index contributed by atoms with van der Waals surface area (Å²) < 4.78 is 10.5. The molecule has 122 valence electrons. The van der Waals surface area contributed by atoms with E-state index in [4.69, 9.17) is 14.7 Å². The zero-order chi connectivity index (χ0) is 17.4. The molecule has 0 aromatic heterocycles. The van der Waals surface area contributed by atoms with Gasteiger partial charge in [-0.2, -0.15) is 5.26 Å². The monoisotopic (exact) mass is 324 g/mol. The summed E-state index contributed by atoms with van der Waals surface area (Å²) in [6.07, 6.45) is 0. The summed E-state index contributed by atoms with van der Waals surface area (Å²) in [5, 5.41) is 11.1. The van der Waals surface area contributed by atoms with Crippen molar-refractivity contribution in [1.29, 1.82) is 5.26 Å². The first kappa shape index (κ1) is 17.0. The van der Waals surface area contributed by atoms with Gasteiger partial charge in [-0.3, -0.25) is 9.59 Å². The van der Waals surface area contributed by atoms with Crippen molar-refractivity contribution in [2.75, 3.05) is 18.5 Å². The molecule has 1 amide bonds. The fraction of sp³-hybridized carbons (Fsp3) is 0.167. The topological polar surface area (TPSA) is 88.4 Å². The fourth-order valence-corrected chi connectivity index (χ4v) is 1.88. The molecule has 0 atom stereocenters. The molecule has 0 fully saturated rings. The third kappa shape index (κ3) is 5.14. The molecule has 2 aromatic rings. The highest BCUT2D eigenvalue weighted by molar-refractivity contribution is 5.94. The van der Waals surface area contributed by atoms with Gasteiger partial charge < -0.3 is 14.8 Å². The minimum atomic E-state index is -0.309. The maximum absolute atomic E-state index is 11.9. The Morgan fingerprint density at radius 2 is 1.58 bits per heavy atom. The van der Waals surface area contributed by atoms with Crippen molar-refractivity contribution in [2.24, 2.45) is 0 Å². The van der Waals surface area contributed by atoms with Crippen LogP contribution in [0, 0.1) is 11.3 Å². The molecule has 0 radical (unpaired) electrons. The van der Waals surface area contributed by atoms with Crippen LogP contribution in [0.5, 0.6) is 11.5 Å². The van der Waals surface area contributed by atoms with Gasteiger partial charge in [0.25, 0.3) is 5.91 Å². The minimum Gasteiger partial charge on any atom is -0.484 e. The van der Waals surface area contributed by atoms with Gasteiger partial charge in [0, 0.05) is 11.3 Å². The molecule has 0 spiro atoms. The number of Topliss-reactive ketones (excluding diaryl/α,β-unsaturated/α-hetero) is 1. The number of carbonyl (C=O) groups is 2. The second kappa shape index (κ2) is 8.34. The number of hydrogen-bond acceptors (Lipinski definition) is 5. The van der Waals surface area contributed by atoms with Gasteiger partial charge in [-0.05, 0) is 55.5 Å². The first-order valence-corrected chi connectivity index (χ1v) is 7.22. The standard InChI is InChI=1S/C18H16N2O4/c1-13(21)14-2-6-17(7-3-14)24-12-18(22)20-15-4-8-16(9-5-15)23-11-10-19/h2-9H,11-12H2,1H3,(H,20,22). The van der Waals surface area contributed by atoms with Crippen molar-refractivity contribution in [3.8, 4) is 17.6 Å². The zero-order valence-corrected chi connectivity index (χ0v) is 13.1. The van der Waals surface area contributed by atoms with Crippen LogP contribution in [0.15, 0.2) is 48.5 Å². The summed E-state index contributed by atoms with van der Waals surface area (Å²) in [6.45, 7) is 1.31. The van der Waals surface area contributed by atoms with Gasteiger partial charge in [0.05, 0.1) is 0 Å². The highest BCUT2D eigenvalue weighted by atomic mass is 16.5. The molecule has 24 heavy (non-hydrogen) atoms. The lowest BCUT2D eigenvalue weighted by Gasteiger charge is -2.08. The Hall–Kier alpha value is -3.33. The van der Waals surface area contributed by atoms with Crippen LogP contribution in [0.4, 0.5) is 5.69 Å². The highest BCUT2D eigenvalue weighted by Crippen LogP contribution is 2.16. The van der Waals surface area contributed by atoms with Crippen LogP contribution < -0.4 is 14.8 Å². The van der Waals surface area contributed by atoms with Gasteiger partial charge >= 0.3 is 0 Å². The third-order valence-corrected chi connectivity index (χ3v) is 3.07. The summed E-state index contributed by atoms with van der Waals surface area (Å²) in [5.41, 5.74) is 1.19.